The maximum atomic E-state index is 12.8. The second-order valence-electron chi connectivity index (χ2n) is 5.58. The van der Waals surface area contributed by atoms with Crippen molar-refractivity contribution in [2.45, 2.75) is 4.90 Å². The van der Waals surface area contributed by atoms with Gasteiger partial charge in [0.05, 0.1) is 5.52 Å². The van der Waals surface area contributed by atoms with Crippen molar-refractivity contribution in [1.82, 2.24) is 9.97 Å². The number of para-hydroxylation sites is 2. The number of hydrogen-bond donors (Lipinski definition) is 2. The Hall–Kier alpha value is -3.12. The number of aromatic nitrogens is 2. The summed E-state index contributed by atoms with van der Waals surface area (Å²) in [6.45, 7) is 0. The number of H-pyrrole nitrogens is 1. The van der Waals surface area contributed by atoms with Crippen LogP contribution >= 0.6 is 0 Å². The highest BCUT2D eigenvalue weighted by Crippen LogP contribution is 2.26. The first-order valence-electron chi connectivity index (χ1n) is 7.75. The first-order chi connectivity index (χ1) is 12.1. The van der Waals surface area contributed by atoms with E-state index in [0.717, 1.165) is 5.56 Å². The number of sulfonamides is 1. The van der Waals surface area contributed by atoms with E-state index in [-0.39, 0.29) is 4.90 Å². The Morgan fingerprint density at radius 2 is 1.48 bits per heavy atom. The number of benzene rings is 3. The lowest BCUT2D eigenvalue weighted by atomic mass is 10.2. The van der Waals surface area contributed by atoms with Crippen LogP contribution in [0.4, 0.5) is 5.69 Å². The molecule has 0 aliphatic heterocycles. The van der Waals surface area contributed by atoms with Gasteiger partial charge in [-0.25, -0.2) is 13.4 Å². The standard InChI is InChI=1S/C19H15N3O2S/c23-25(24,22-15-10-5-2-6-11-15)17-13-7-12-16-18(17)21-19(20-16)14-8-3-1-4-9-14/h1-13,22H,(H,20,21). The Kier molecular flexibility index (Phi) is 3.74. The summed E-state index contributed by atoms with van der Waals surface area (Å²) in [6, 6.07) is 23.5. The minimum absolute atomic E-state index is 0.146. The Bertz CT molecular complexity index is 1120. The van der Waals surface area contributed by atoms with Crippen molar-refractivity contribution in [1.29, 1.82) is 0 Å². The van der Waals surface area contributed by atoms with Crippen LogP contribution in [0.25, 0.3) is 22.4 Å². The van der Waals surface area contributed by atoms with Gasteiger partial charge in [0.2, 0.25) is 0 Å². The molecule has 5 nitrogen and oxygen atoms in total. The van der Waals surface area contributed by atoms with Gasteiger partial charge >= 0.3 is 0 Å². The fourth-order valence-corrected chi connectivity index (χ4v) is 3.90. The van der Waals surface area contributed by atoms with Gasteiger partial charge in [-0.15, -0.1) is 0 Å². The van der Waals surface area contributed by atoms with Crippen molar-refractivity contribution in [3.63, 3.8) is 0 Å². The predicted molar refractivity (Wildman–Crippen MR) is 98.8 cm³/mol. The third-order valence-corrected chi connectivity index (χ3v) is 5.25. The van der Waals surface area contributed by atoms with Crippen LogP contribution in [0.3, 0.4) is 0 Å². The molecule has 0 saturated carbocycles. The molecule has 124 valence electrons. The highest BCUT2D eigenvalue weighted by molar-refractivity contribution is 7.93. The molecule has 4 rings (SSSR count). The van der Waals surface area contributed by atoms with Gasteiger partial charge in [0, 0.05) is 11.3 Å². The molecule has 2 N–H and O–H groups in total. The summed E-state index contributed by atoms with van der Waals surface area (Å²) in [5.41, 5.74) is 2.51. The molecule has 6 heteroatoms. The third-order valence-electron chi connectivity index (χ3n) is 3.84. The van der Waals surface area contributed by atoms with Crippen LogP contribution < -0.4 is 4.72 Å². The largest absolute Gasteiger partial charge is 0.338 e. The van der Waals surface area contributed by atoms with Gasteiger partial charge in [0.1, 0.15) is 16.2 Å². The lowest BCUT2D eigenvalue weighted by Gasteiger charge is -2.08. The molecule has 0 fully saturated rings. The number of rotatable bonds is 4. The summed E-state index contributed by atoms with van der Waals surface area (Å²) in [4.78, 5) is 7.85. The van der Waals surface area contributed by atoms with Gasteiger partial charge in [-0.05, 0) is 24.3 Å². The van der Waals surface area contributed by atoms with Crippen molar-refractivity contribution in [2.24, 2.45) is 0 Å². The quantitative estimate of drug-likeness (QED) is 0.584. The van der Waals surface area contributed by atoms with Crippen LogP contribution in [-0.4, -0.2) is 18.4 Å². The zero-order valence-corrected chi connectivity index (χ0v) is 14.0. The van der Waals surface area contributed by atoms with Crippen molar-refractivity contribution >= 4 is 26.7 Å². The molecular weight excluding hydrogens is 334 g/mol. The van der Waals surface area contributed by atoms with Crippen LogP contribution in [0.1, 0.15) is 0 Å². The summed E-state index contributed by atoms with van der Waals surface area (Å²) in [6.07, 6.45) is 0. The van der Waals surface area contributed by atoms with Gasteiger partial charge in [-0.3, -0.25) is 4.72 Å². The lowest BCUT2D eigenvalue weighted by molar-refractivity contribution is 0.602. The van der Waals surface area contributed by atoms with E-state index in [4.69, 9.17) is 0 Å². The molecular formula is C19H15N3O2S. The van der Waals surface area contributed by atoms with Crippen LogP contribution in [-0.2, 0) is 10.0 Å². The molecule has 0 radical (unpaired) electrons. The Labute approximate surface area is 145 Å². The molecule has 0 atom stereocenters. The second-order valence-corrected chi connectivity index (χ2v) is 7.23. The molecule has 25 heavy (non-hydrogen) atoms. The van der Waals surface area contributed by atoms with E-state index in [0.29, 0.717) is 22.5 Å². The maximum absolute atomic E-state index is 12.8. The Morgan fingerprint density at radius 1 is 0.800 bits per heavy atom. The smallest absolute Gasteiger partial charge is 0.264 e. The third kappa shape index (κ3) is 2.99. The van der Waals surface area contributed by atoms with Gasteiger partial charge in [0.15, 0.2) is 0 Å². The lowest BCUT2D eigenvalue weighted by Crippen LogP contribution is -2.13. The molecule has 0 aliphatic carbocycles. The fraction of sp³-hybridized carbons (Fsp3) is 0. The summed E-state index contributed by atoms with van der Waals surface area (Å²) in [5.74, 6) is 0.637. The van der Waals surface area contributed by atoms with Crippen LogP contribution in [0.2, 0.25) is 0 Å². The number of fused-ring (bicyclic) bond motifs is 1. The predicted octanol–water partition coefficient (Wildman–Crippen LogP) is 4.03. The summed E-state index contributed by atoms with van der Waals surface area (Å²) in [7, 11) is -3.74. The van der Waals surface area contributed by atoms with Crippen molar-refractivity contribution in [2.75, 3.05) is 4.72 Å². The summed E-state index contributed by atoms with van der Waals surface area (Å²) < 4.78 is 28.2. The molecule has 1 heterocycles. The first kappa shape index (κ1) is 15.4. The van der Waals surface area contributed by atoms with Crippen molar-refractivity contribution < 1.29 is 8.42 Å². The monoisotopic (exact) mass is 349 g/mol. The zero-order valence-electron chi connectivity index (χ0n) is 13.2. The molecule has 0 aliphatic rings. The fourth-order valence-electron chi connectivity index (χ4n) is 2.67. The van der Waals surface area contributed by atoms with Gasteiger partial charge in [-0.2, -0.15) is 0 Å². The average Bonchev–Trinajstić information content (AvgIpc) is 3.07. The van der Waals surface area contributed by atoms with Gasteiger partial charge in [-0.1, -0.05) is 54.6 Å². The van der Waals surface area contributed by atoms with E-state index in [2.05, 4.69) is 14.7 Å². The van der Waals surface area contributed by atoms with E-state index < -0.39 is 10.0 Å². The molecule has 4 aromatic rings. The first-order valence-corrected chi connectivity index (χ1v) is 9.24. The number of aromatic amines is 1. The summed E-state index contributed by atoms with van der Waals surface area (Å²) in [5, 5.41) is 0. The SMILES string of the molecule is O=S(=O)(Nc1ccccc1)c1cccc2[nH]c(-c3ccccc3)nc12. The van der Waals surface area contributed by atoms with E-state index in [1.54, 1.807) is 36.4 Å². The van der Waals surface area contributed by atoms with E-state index in [1.165, 1.54) is 0 Å². The van der Waals surface area contributed by atoms with Gasteiger partial charge in [0.25, 0.3) is 10.0 Å². The van der Waals surface area contributed by atoms with Crippen LogP contribution in [0.5, 0.6) is 0 Å². The zero-order chi connectivity index (χ0) is 17.3. The van der Waals surface area contributed by atoms with Crippen molar-refractivity contribution in [3.05, 3.63) is 78.9 Å². The highest BCUT2D eigenvalue weighted by Gasteiger charge is 2.20. The van der Waals surface area contributed by atoms with Crippen LogP contribution in [0, 0.1) is 0 Å². The van der Waals surface area contributed by atoms with E-state index in [1.807, 2.05) is 42.5 Å². The molecule has 0 unspecified atom stereocenters. The number of hydrogen-bond acceptors (Lipinski definition) is 3. The molecule has 0 bridgehead atoms. The van der Waals surface area contributed by atoms with E-state index >= 15 is 0 Å². The second kappa shape index (κ2) is 6.07. The summed E-state index contributed by atoms with van der Waals surface area (Å²) >= 11 is 0. The Balaban J connectivity index is 1.81. The highest BCUT2D eigenvalue weighted by atomic mass is 32.2. The molecule has 0 saturated heterocycles. The van der Waals surface area contributed by atoms with E-state index in [9.17, 15) is 8.42 Å². The minimum atomic E-state index is -3.74. The molecule has 3 aromatic carbocycles. The maximum Gasteiger partial charge on any atom is 0.264 e. The number of anilines is 1. The number of nitrogens with one attached hydrogen (secondary N) is 2. The average molecular weight is 349 g/mol. The molecule has 1 aromatic heterocycles. The number of nitrogens with zero attached hydrogens (tertiary/aromatic N) is 1. The minimum Gasteiger partial charge on any atom is -0.338 e. The molecule has 0 spiro atoms. The number of imidazole rings is 1. The normalized spacial score (nSPS) is 11.5. The molecule has 0 amide bonds. The topological polar surface area (TPSA) is 74.8 Å². The van der Waals surface area contributed by atoms with Crippen LogP contribution in [0.15, 0.2) is 83.8 Å². The van der Waals surface area contributed by atoms with Gasteiger partial charge < -0.3 is 4.98 Å². The Morgan fingerprint density at radius 3 is 2.20 bits per heavy atom. The van der Waals surface area contributed by atoms with Crippen molar-refractivity contribution in [3.8, 4) is 11.4 Å².